The fraction of sp³-hybridized carbons (Fsp3) is 0.333. The first-order chi connectivity index (χ1) is 17.3. The van der Waals surface area contributed by atoms with Gasteiger partial charge >= 0.3 is 0 Å². The monoisotopic (exact) mass is 490 g/mol. The van der Waals surface area contributed by atoms with Gasteiger partial charge < -0.3 is 15.0 Å². The molecule has 190 valence electrons. The summed E-state index contributed by atoms with van der Waals surface area (Å²) < 4.78 is 19.5. The smallest absolute Gasteiger partial charge is 0.261 e. The van der Waals surface area contributed by atoms with Crippen molar-refractivity contribution in [2.45, 2.75) is 59.2 Å². The molecule has 0 aromatic heterocycles. The minimum Gasteiger partial charge on any atom is -0.483 e. The van der Waals surface area contributed by atoms with E-state index in [0.29, 0.717) is 12.2 Å². The van der Waals surface area contributed by atoms with Crippen molar-refractivity contribution in [2.75, 3.05) is 6.61 Å². The maximum atomic E-state index is 13.6. The fourth-order valence-electron chi connectivity index (χ4n) is 3.87. The number of benzene rings is 3. The Balaban J connectivity index is 1.92. The van der Waals surface area contributed by atoms with Crippen LogP contribution in [-0.4, -0.2) is 35.4 Å². The van der Waals surface area contributed by atoms with Gasteiger partial charge in [-0.25, -0.2) is 4.39 Å². The molecule has 0 fully saturated rings. The molecule has 0 saturated heterocycles. The van der Waals surface area contributed by atoms with Gasteiger partial charge in [0.25, 0.3) is 5.91 Å². The average molecular weight is 491 g/mol. The molecule has 3 aromatic carbocycles. The van der Waals surface area contributed by atoms with Crippen LogP contribution in [0.4, 0.5) is 4.39 Å². The van der Waals surface area contributed by atoms with Gasteiger partial charge in [0.15, 0.2) is 6.61 Å². The number of amides is 2. The summed E-state index contributed by atoms with van der Waals surface area (Å²) >= 11 is 0. The molecule has 2 amide bonds. The molecule has 0 aliphatic rings. The fourth-order valence-corrected chi connectivity index (χ4v) is 3.87. The quantitative estimate of drug-likeness (QED) is 0.393. The van der Waals surface area contributed by atoms with E-state index in [1.807, 2.05) is 76.2 Å². The summed E-state index contributed by atoms with van der Waals surface area (Å²) in [5.41, 5.74) is 3.62. The molecule has 3 rings (SSSR count). The number of nitrogens with zero attached hydrogens (tertiary/aromatic N) is 1. The van der Waals surface area contributed by atoms with Crippen molar-refractivity contribution in [2.24, 2.45) is 0 Å². The summed E-state index contributed by atoms with van der Waals surface area (Å²) in [5.74, 6) is -0.269. The van der Waals surface area contributed by atoms with Gasteiger partial charge in [-0.05, 0) is 67.6 Å². The van der Waals surface area contributed by atoms with Crippen LogP contribution in [0.15, 0.2) is 72.8 Å². The first-order valence-electron chi connectivity index (χ1n) is 12.3. The number of halogens is 1. The SMILES string of the molecule is CCC(C)NC(=O)C(Cc1ccccc1)N(Cc1ccc(F)cc1)C(=O)COc1cc(C)ccc1C. The molecule has 36 heavy (non-hydrogen) atoms. The molecule has 1 N–H and O–H groups in total. The normalized spacial score (nSPS) is 12.5. The summed E-state index contributed by atoms with van der Waals surface area (Å²) in [6, 6.07) is 20.6. The minimum atomic E-state index is -0.763. The Kier molecular flexibility index (Phi) is 9.62. The molecular formula is C30H35FN2O3. The molecule has 0 saturated carbocycles. The largest absolute Gasteiger partial charge is 0.483 e. The van der Waals surface area contributed by atoms with E-state index in [2.05, 4.69) is 5.32 Å². The van der Waals surface area contributed by atoms with Crippen LogP contribution in [0.25, 0.3) is 0 Å². The molecule has 6 heteroatoms. The van der Waals surface area contributed by atoms with Crippen LogP contribution in [-0.2, 0) is 22.6 Å². The maximum Gasteiger partial charge on any atom is 0.261 e. The van der Waals surface area contributed by atoms with E-state index >= 15 is 0 Å². The molecule has 0 radical (unpaired) electrons. The Morgan fingerprint density at radius 3 is 2.33 bits per heavy atom. The topological polar surface area (TPSA) is 58.6 Å². The molecule has 2 unspecified atom stereocenters. The number of carbonyl (C=O) groups is 2. The molecular weight excluding hydrogens is 455 g/mol. The zero-order valence-electron chi connectivity index (χ0n) is 21.5. The lowest BCUT2D eigenvalue weighted by atomic mass is 10.0. The number of hydrogen-bond acceptors (Lipinski definition) is 3. The van der Waals surface area contributed by atoms with Gasteiger partial charge in [0.1, 0.15) is 17.6 Å². The highest BCUT2D eigenvalue weighted by Gasteiger charge is 2.31. The van der Waals surface area contributed by atoms with Gasteiger partial charge in [-0.2, -0.15) is 0 Å². The maximum absolute atomic E-state index is 13.6. The molecule has 0 bridgehead atoms. The zero-order valence-corrected chi connectivity index (χ0v) is 21.5. The second-order valence-corrected chi connectivity index (χ2v) is 9.23. The van der Waals surface area contributed by atoms with E-state index in [-0.39, 0.29) is 36.8 Å². The summed E-state index contributed by atoms with van der Waals surface area (Å²) in [4.78, 5) is 28.6. The van der Waals surface area contributed by atoms with Gasteiger partial charge in [0.05, 0.1) is 0 Å². The van der Waals surface area contributed by atoms with Crippen molar-refractivity contribution in [3.8, 4) is 5.75 Å². The molecule has 2 atom stereocenters. The van der Waals surface area contributed by atoms with E-state index in [1.54, 1.807) is 17.0 Å². The van der Waals surface area contributed by atoms with Crippen molar-refractivity contribution < 1.29 is 18.7 Å². The first kappa shape index (κ1) is 26.9. The molecule has 0 spiro atoms. The van der Waals surface area contributed by atoms with Crippen molar-refractivity contribution in [1.29, 1.82) is 0 Å². The second-order valence-electron chi connectivity index (χ2n) is 9.23. The van der Waals surface area contributed by atoms with Gasteiger partial charge in [-0.3, -0.25) is 9.59 Å². The van der Waals surface area contributed by atoms with Crippen molar-refractivity contribution in [3.05, 3.63) is 101 Å². The van der Waals surface area contributed by atoms with Crippen LogP contribution in [0.3, 0.4) is 0 Å². The predicted octanol–water partition coefficient (Wildman–Crippen LogP) is 5.38. The van der Waals surface area contributed by atoms with Gasteiger partial charge in [-0.1, -0.05) is 61.5 Å². The van der Waals surface area contributed by atoms with Gasteiger partial charge in [0.2, 0.25) is 5.91 Å². The summed E-state index contributed by atoms with van der Waals surface area (Å²) in [6.07, 6.45) is 1.12. The Bertz CT molecular complexity index is 1150. The van der Waals surface area contributed by atoms with Crippen LogP contribution in [0.1, 0.15) is 42.5 Å². The number of ether oxygens (including phenoxy) is 1. The number of hydrogen-bond donors (Lipinski definition) is 1. The first-order valence-corrected chi connectivity index (χ1v) is 12.3. The standard InChI is InChI=1S/C30H35FN2O3/c1-5-23(4)32-30(35)27(18-24-9-7-6-8-10-24)33(19-25-13-15-26(31)16-14-25)29(34)20-36-28-17-21(2)11-12-22(28)3/h6-17,23,27H,5,18-20H2,1-4H3,(H,32,35). The molecule has 0 aliphatic heterocycles. The molecule has 0 heterocycles. The number of carbonyl (C=O) groups excluding carboxylic acids is 2. The Morgan fingerprint density at radius 1 is 0.972 bits per heavy atom. The summed E-state index contributed by atoms with van der Waals surface area (Å²) in [6.45, 7) is 7.76. The van der Waals surface area contributed by atoms with Crippen molar-refractivity contribution in [1.82, 2.24) is 10.2 Å². The third-order valence-electron chi connectivity index (χ3n) is 6.23. The highest BCUT2D eigenvalue weighted by molar-refractivity contribution is 5.88. The van der Waals surface area contributed by atoms with E-state index < -0.39 is 6.04 Å². The van der Waals surface area contributed by atoms with Crippen LogP contribution >= 0.6 is 0 Å². The Hall–Kier alpha value is -3.67. The van der Waals surface area contributed by atoms with E-state index in [4.69, 9.17) is 4.74 Å². The lowest BCUT2D eigenvalue weighted by molar-refractivity contribution is -0.143. The summed E-state index contributed by atoms with van der Waals surface area (Å²) in [5, 5.41) is 3.04. The third kappa shape index (κ3) is 7.67. The zero-order chi connectivity index (χ0) is 26.1. The highest BCUT2D eigenvalue weighted by atomic mass is 19.1. The number of rotatable bonds is 11. The Morgan fingerprint density at radius 2 is 1.67 bits per heavy atom. The summed E-state index contributed by atoms with van der Waals surface area (Å²) in [7, 11) is 0. The molecule has 0 aliphatic carbocycles. The van der Waals surface area contributed by atoms with E-state index in [0.717, 1.165) is 28.7 Å². The van der Waals surface area contributed by atoms with Gasteiger partial charge in [-0.15, -0.1) is 0 Å². The van der Waals surface area contributed by atoms with Crippen LogP contribution in [0.2, 0.25) is 0 Å². The molecule has 5 nitrogen and oxygen atoms in total. The Labute approximate surface area is 213 Å². The number of nitrogens with one attached hydrogen (secondary N) is 1. The predicted molar refractivity (Wildman–Crippen MR) is 140 cm³/mol. The number of aryl methyl sites for hydroxylation is 2. The van der Waals surface area contributed by atoms with Gasteiger partial charge in [0, 0.05) is 19.0 Å². The highest BCUT2D eigenvalue weighted by Crippen LogP contribution is 2.20. The minimum absolute atomic E-state index is 0.0373. The van der Waals surface area contributed by atoms with Crippen LogP contribution < -0.4 is 10.1 Å². The average Bonchev–Trinajstić information content (AvgIpc) is 2.88. The van der Waals surface area contributed by atoms with E-state index in [9.17, 15) is 14.0 Å². The van der Waals surface area contributed by atoms with E-state index in [1.165, 1.54) is 12.1 Å². The second kappa shape index (κ2) is 12.9. The van der Waals surface area contributed by atoms with Crippen molar-refractivity contribution >= 4 is 11.8 Å². The van der Waals surface area contributed by atoms with Crippen LogP contribution in [0.5, 0.6) is 5.75 Å². The third-order valence-corrected chi connectivity index (χ3v) is 6.23. The van der Waals surface area contributed by atoms with Crippen molar-refractivity contribution in [3.63, 3.8) is 0 Å². The van der Waals surface area contributed by atoms with Crippen LogP contribution in [0, 0.1) is 19.7 Å². The lowest BCUT2D eigenvalue weighted by Crippen LogP contribution is -2.53. The lowest BCUT2D eigenvalue weighted by Gasteiger charge is -2.32. The molecule has 3 aromatic rings.